The van der Waals surface area contributed by atoms with Gasteiger partial charge in [-0.25, -0.2) is 9.59 Å². The van der Waals surface area contributed by atoms with Gasteiger partial charge in [-0.1, -0.05) is 19.1 Å². The Morgan fingerprint density at radius 1 is 0.885 bits per heavy atom. The molecule has 0 aliphatic carbocycles. The Hall–Kier alpha value is -2.04. The predicted octanol–water partition coefficient (Wildman–Crippen LogP) is 4.83. The first-order valence-corrected chi connectivity index (χ1v) is 9.44. The number of aryl methyl sites for hydroxylation is 1. The van der Waals surface area contributed by atoms with Crippen LogP contribution in [0.15, 0.2) is 24.3 Å². The Kier molecular flexibility index (Phi) is 8.62. The van der Waals surface area contributed by atoms with Gasteiger partial charge in [0.25, 0.3) is 0 Å². The number of hydrogen-bond donors (Lipinski definition) is 0. The van der Waals surface area contributed by atoms with Crippen LogP contribution in [-0.4, -0.2) is 41.3 Å². The maximum Gasteiger partial charge on any atom is 0.410 e. The third kappa shape index (κ3) is 6.70. The molecule has 0 spiro atoms. The van der Waals surface area contributed by atoms with Gasteiger partial charge in [-0.15, -0.1) is 0 Å². The maximum atomic E-state index is 12.3. The van der Waals surface area contributed by atoms with E-state index in [9.17, 15) is 9.59 Å². The third-order valence-electron chi connectivity index (χ3n) is 4.20. The van der Waals surface area contributed by atoms with Crippen molar-refractivity contribution in [3.63, 3.8) is 0 Å². The van der Waals surface area contributed by atoms with Gasteiger partial charge in [-0.05, 0) is 65.7 Å². The molecule has 1 amide bonds. The molecule has 0 aliphatic heterocycles. The summed E-state index contributed by atoms with van der Waals surface area (Å²) >= 11 is 0. The van der Waals surface area contributed by atoms with Crippen molar-refractivity contribution in [3.05, 3.63) is 35.4 Å². The standard InChI is InChI=1S/C21H33NO4/c1-8-18-9-11-19(12-10-18)20(23)25-16(6)13-17(7)26-21(24)22(14(2)3)15(4)5/h9-12,14-17H,8,13H2,1-7H3. The van der Waals surface area contributed by atoms with E-state index in [1.54, 1.807) is 17.0 Å². The van der Waals surface area contributed by atoms with Crippen molar-refractivity contribution < 1.29 is 19.1 Å². The Labute approximate surface area is 157 Å². The lowest BCUT2D eigenvalue weighted by Crippen LogP contribution is -2.43. The van der Waals surface area contributed by atoms with E-state index < -0.39 is 0 Å². The van der Waals surface area contributed by atoms with Gasteiger partial charge >= 0.3 is 12.1 Å². The molecule has 0 saturated heterocycles. The van der Waals surface area contributed by atoms with Crippen molar-refractivity contribution in [2.75, 3.05) is 0 Å². The smallest absolute Gasteiger partial charge is 0.410 e. The van der Waals surface area contributed by atoms with E-state index in [1.807, 2.05) is 53.7 Å². The van der Waals surface area contributed by atoms with Crippen LogP contribution in [0.5, 0.6) is 0 Å². The quantitative estimate of drug-likeness (QED) is 0.621. The molecule has 0 radical (unpaired) electrons. The predicted molar refractivity (Wildman–Crippen MR) is 103 cm³/mol. The monoisotopic (exact) mass is 363 g/mol. The molecule has 146 valence electrons. The zero-order valence-electron chi connectivity index (χ0n) is 17.1. The number of ether oxygens (including phenoxy) is 2. The molecule has 5 nitrogen and oxygen atoms in total. The second-order valence-electron chi connectivity index (χ2n) is 7.29. The molecule has 0 heterocycles. The van der Waals surface area contributed by atoms with E-state index in [2.05, 4.69) is 6.92 Å². The first-order valence-electron chi connectivity index (χ1n) is 9.44. The number of nitrogens with zero attached hydrogens (tertiary/aromatic N) is 1. The molecule has 1 rings (SSSR count). The molecule has 5 heteroatoms. The summed E-state index contributed by atoms with van der Waals surface area (Å²) in [4.78, 5) is 26.2. The van der Waals surface area contributed by atoms with E-state index in [-0.39, 0.29) is 36.4 Å². The summed E-state index contributed by atoms with van der Waals surface area (Å²) in [5, 5.41) is 0. The van der Waals surface area contributed by atoms with Gasteiger partial charge in [0.1, 0.15) is 12.2 Å². The van der Waals surface area contributed by atoms with Crippen molar-refractivity contribution in [1.82, 2.24) is 4.90 Å². The van der Waals surface area contributed by atoms with Crippen molar-refractivity contribution in [2.24, 2.45) is 0 Å². The molecule has 26 heavy (non-hydrogen) atoms. The van der Waals surface area contributed by atoms with Crippen LogP contribution in [0.1, 0.15) is 70.8 Å². The molecule has 1 aromatic rings. The number of rotatable bonds is 8. The summed E-state index contributed by atoms with van der Waals surface area (Å²) in [5.74, 6) is -0.357. The van der Waals surface area contributed by atoms with Crippen LogP contribution in [0.3, 0.4) is 0 Å². The minimum Gasteiger partial charge on any atom is -0.459 e. The van der Waals surface area contributed by atoms with Crippen LogP contribution < -0.4 is 0 Å². The minimum atomic E-state index is -0.357. The summed E-state index contributed by atoms with van der Waals surface area (Å²) in [6.07, 6.45) is 0.360. The first kappa shape index (κ1) is 22.0. The number of hydrogen-bond acceptors (Lipinski definition) is 4. The molecule has 0 aliphatic rings. The molecule has 0 saturated carbocycles. The van der Waals surface area contributed by atoms with Crippen LogP contribution in [-0.2, 0) is 15.9 Å². The summed E-state index contributed by atoms with van der Waals surface area (Å²) in [6.45, 7) is 13.5. The van der Waals surface area contributed by atoms with E-state index in [0.717, 1.165) is 6.42 Å². The zero-order chi connectivity index (χ0) is 19.9. The molecule has 0 aromatic heterocycles. The Morgan fingerprint density at radius 2 is 1.38 bits per heavy atom. The molecular formula is C21H33NO4. The molecule has 0 bridgehead atoms. The lowest BCUT2D eigenvalue weighted by molar-refractivity contribution is 0.00974. The van der Waals surface area contributed by atoms with Gasteiger partial charge in [-0.2, -0.15) is 0 Å². The third-order valence-corrected chi connectivity index (χ3v) is 4.20. The molecule has 0 N–H and O–H groups in total. The Bertz CT molecular complexity index is 572. The number of carbonyl (C=O) groups excluding carboxylic acids is 2. The fourth-order valence-electron chi connectivity index (χ4n) is 2.94. The molecular weight excluding hydrogens is 330 g/mol. The van der Waals surface area contributed by atoms with E-state index in [1.165, 1.54) is 5.56 Å². The number of esters is 1. The fourth-order valence-corrected chi connectivity index (χ4v) is 2.94. The highest BCUT2D eigenvalue weighted by atomic mass is 16.6. The topological polar surface area (TPSA) is 55.8 Å². The van der Waals surface area contributed by atoms with Crippen LogP contribution >= 0.6 is 0 Å². The fraction of sp³-hybridized carbons (Fsp3) is 0.619. The van der Waals surface area contributed by atoms with Crippen molar-refractivity contribution in [3.8, 4) is 0 Å². The van der Waals surface area contributed by atoms with Crippen LogP contribution in [0.25, 0.3) is 0 Å². The number of amides is 1. The summed E-state index contributed by atoms with van der Waals surface area (Å²) in [5.41, 5.74) is 1.71. The average molecular weight is 363 g/mol. The van der Waals surface area contributed by atoms with Crippen molar-refractivity contribution in [2.45, 2.75) is 85.6 Å². The van der Waals surface area contributed by atoms with Gasteiger partial charge in [0.2, 0.25) is 0 Å². The normalized spacial score (nSPS) is 13.4. The van der Waals surface area contributed by atoms with Crippen LogP contribution in [0, 0.1) is 0 Å². The largest absolute Gasteiger partial charge is 0.459 e. The van der Waals surface area contributed by atoms with Gasteiger partial charge in [0, 0.05) is 18.5 Å². The summed E-state index contributed by atoms with van der Waals surface area (Å²) in [7, 11) is 0. The first-order chi connectivity index (χ1) is 12.1. The van der Waals surface area contributed by atoms with E-state index >= 15 is 0 Å². The minimum absolute atomic E-state index is 0.0658. The molecule has 0 fully saturated rings. The highest BCUT2D eigenvalue weighted by Crippen LogP contribution is 2.14. The average Bonchev–Trinajstić information content (AvgIpc) is 2.53. The molecule has 2 unspecified atom stereocenters. The summed E-state index contributed by atoms with van der Waals surface area (Å²) in [6, 6.07) is 7.55. The second-order valence-corrected chi connectivity index (χ2v) is 7.29. The van der Waals surface area contributed by atoms with E-state index in [4.69, 9.17) is 9.47 Å². The van der Waals surface area contributed by atoms with Gasteiger partial charge in [0.15, 0.2) is 0 Å². The zero-order valence-corrected chi connectivity index (χ0v) is 17.1. The highest BCUT2D eigenvalue weighted by Gasteiger charge is 2.24. The lowest BCUT2D eigenvalue weighted by Gasteiger charge is -2.31. The Morgan fingerprint density at radius 3 is 1.85 bits per heavy atom. The SMILES string of the molecule is CCc1ccc(C(=O)OC(C)CC(C)OC(=O)N(C(C)C)C(C)C)cc1. The molecule has 1 aromatic carbocycles. The van der Waals surface area contributed by atoms with Crippen LogP contribution in [0.4, 0.5) is 4.79 Å². The second kappa shape index (κ2) is 10.2. The number of carbonyl (C=O) groups is 2. The Balaban J connectivity index is 2.54. The van der Waals surface area contributed by atoms with E-state index in [0.29, 0.717) is 12.0 Å². The lowest BCUT2D eigenvalue weighted by atomic mass is 10.1. The van der Waals surface area contributed by atoms with Crippen LogP contribution in [0.2, 0.25) is 0 Å². The van der Waals surface area contributed by atoms with Gasteiger partial charge in [0.05, 0.1) is 5.56 Å². The summed E-state index contributed by atoms with van der Waals surface area (Å²) < 4.78 is 11.0. The van der Waals surface area contributed by atoms with Gasteiger partial charge in [-0.3, -0.25) is 0 Å². The maximum absolute atomic E-state index is 12.3. The highest BCUT2D eigenvalue weighted by molar-refractivity contribution is 5.89. The number of benzene rings is 1. The van der Waals surface area contributed by atoms with Crippen molar-refractivity contribution in [1.29, 1.82) is 0 Å². The van der Waals surface area contributed by atoms with Gasteiger partial charge < -0.3 is 14.4 Å². The van der Waals surface area contributed by atoms with Crippen molar-refractivity contribution >= 4 is 12.1 Å². The molecule has 2 atom stereocenters.